The summed E-state index contributed by atoms with van der Waals surface area (Å²) in [5, 5.41) is 11.7. The van der Waals surface area contributed by atoms with Crippen molar-refractivity contribution in [1.82, 2.24) is 4.57 Å². The van der Waals surface area contributed by atoms with Crippen LogP contribution in [0.15, 0.2) is 235 Å². The first-order chi connectivity index (χ1) is 31.2. The van der Waals surface area contributed by atoms with Gasteiger partial charge < -0.3 is 13.9 Å². The quantitative estimate of drug-likeness (QED) is 0.167. The standard InChI is InChI=1S/C60H38N2O/c1-2-15-39(16-3-1)41-21-12-22-44(35-41)61-55-29-11-10-26-51(55)53-38-45(31-33-57(53)61)62(58-30-14-28-52-54-36-42-18-4-5-19-43(42)37-59(54)63-60(52)58)56-34-32-49(48-24-8-9-25-50(48)56)47-27-13-20-40-17-6-7-23-46(40)47/h1-38H. The average Bonchev–Trinajstić information content (AvgIpc) is 3.89. The van der Waals surface area contributed by atoms with Gasteiger partial charge in [-0.25, -0.2) is 0 Å². The molecule has 0 unspecified atom stereocenters. The van der Waals surface area contributed by atoms with Gasteiger partial charge in [-0.15, -0.1) is 0 Å². The summed E-state index contributed by atoms with van der Waals surface area (Å²) in [7, 11) is 0. The fourth-order valence-electron chi connectivity index (χ4n) is 10.1. The zero-order valence-corrected chi connectivity index (χ0v) is 34.2. The predicted molar refractivity (Wildman–Crippen MR) is 266 cm³/mol. The number of hydrogen-bond acceptors (Lipinski definition) is 2. The van der Waals surface area contributed by atoms with E-state index in [0.29, 0.717) is 0 Å². The molecule has 2 heterocycles. The highest BCUT2D eigenvalue weighted by atomic mass is 16.3. The number of anilines is 3. The molecule has 0 saturated carbocycles. The van der Waals surface area contributed by atoms with Crippen molar-refractivity contribution in [2.45, 2.75) is 0 Å². The molecule has 0 aliphatic carbocycles. The monoisotopic (exact) mass is 802 g/mol. The third-order valence-corrected chi connectivity index (χ3v) is 12.9. The van der Waals surface area contributed by atoms with Gasteiger partial charge in [0.25, 0.3) is 0 Å². The van der Waals surface area contributed by atoms with E-state index in [1.165, 1.54) is 54.6 Å². The van der Waals surface area contributed by atoms with Gasteiger partial charge in [-0.3, -0.25) is 0 Å². The van der Waals surface area contributed by atoms with Crippen LogP contribution < -0.4 is 4.90 Å². The summed E-state index contributed by atoms with van der Waals surface area (Å²) in [4.78, 5) is 2.42. The summed E-state index contributed by atoms with van der Waals surface area (Å²) in [6.45, 7) is 0. The van der Waals surface area contributed by atoms with Crippen molar-refractivity contribution in [2.24, 2.45) is 0 Å². The van der Waals surface area contributed by atoms with E-state index in [9.17, 15) is 0 Å². The highest BCUT2D eigenvalue weighted by molar-refractivity contribution is 6.17. The van der Waals surface area contributed by atoms with E-state index in [-0.39, 0.29) is 0 Å². The molecule has 0 atom stereocenters. The van der Waals surface area contributed by atoms with Crippen molar-refractivity contribution >= 4 is 93.1 Å². The lowest BCUT2D eigenvalue weighted by atomic mass is 9.93. The average molecular weight is 803 g/mol. The number of benzene rings is 11. The predicted octanol–water partition coefficient (Wildman–Crippen LogP) is 16.9. The van der Waals surface area contributed by atoms with Gasteiger partial charge in [0, 0.05) is 38.3 Å². The second-order valence-corrected chi connectivity index (χ2v) is 16.5. The van der Waals surface area contributed by atoms with Gasteiger partial charge in [0.1, 0.15) is 5.58 Å². The summed E-state index contributed by atoms with van der Waals surface area (Å²) in [6.07, 6.45) is 0. The number of furan rings is 1. The van der Waals surface area contributed by atoms with E-state index in [1.54, 1.807) is 0 Å². The molecule has 0 radical (unpaired) electrons. The molecule has 13 aromatic rings. The molecular weight excluding hydrogens is 765 g/mol. The highest BCUT2D eigenvalue weighted by Gasteiger charge is 2.24. The van der Waals surface area contributed by atoms with Gasteiger partial charge in [0.05, 0.1) is 22.4 Å². The number of fused-ring (bicyclic) bond motifs is 9. The van der Waals surface area contributed by atoms with E-state index in [2.05, 4.69) is 240 Å². The number of rotatable bonds is 6. The largest absolute Gasteiger partial charge is 0.454 e. The van der Waals surface area contributed by atoms with E-state index in [1.807, 2.05) is 0 Å². The van der Waals surface area contributed by atoms with Gasteiger partial charge in [-0.1, -0.05) is 170 Å². The SMILES string of the molecule is c1ccc(-c2cccc(-n3c4ccccc4c4cc(N(c5ccc(-c6cccc7ccccc67)c6ccccc56)c5cccc6c5oc5cc7ccccc7cc56)ccc43)c2)cc1. The van der Waals surface area contributed by atoms with Crippen molar-refractivity contribution < 1.29 is 4.42 Å². The third-order valence-electron chi connectivity index (χ3n) is 12.9. The molecule has 3 heteroatoms. The fourth-order valence-corrected chi connectivity index (χ4v) is 10.1. The van der Waals surface area contributed by atoms with Gasteiger partial charge in [-0.05, 0) is 110 Å². The molecule has 0 fully saturated rings. The maximum Gasteiger partial charge on any atom is 0.159 e. The summed E-state index contributed by atoms with van der Waals surface area (Å²) in [5.41, 5.74) is 13.1. The topological polar surface area (TPSA) is 21.3 Å². The number of hydrogen-bond donors (Lipinski definition) is 0. The number of aromatic nitrogens is 1. The lowest BCUT2D eigenvalue weighted by molar-refractivity contribution is 0.669. The van der Waals surface area contributed by atoms with Crippen LogP contribution >= 0.6 is 0 Å². The molecule has 294 valence electrons. The van der Waals surface area contributed by atoms with Gasteiger partial charge in [0.15, 0.2) is 5.58 Å². The molecule has 0 amide bonds. The van der Waals surface area contributed by atoms with Crippen molar-refractivity contribution in [3.05, 3.63) is 231 Å². The lowest BCUT2D eigenvalue weighted by Crippen LogP contribution is -2.11. The van der Waals surface area contributed by atoms with Crippen molar-refractivity contribution in [3.8, 4) is 27.9 Å². The molecule has 0 N–H and O–H groups in total. The van der Waals surface area contributed by atoms with Crippen LogP contribution in [-0.2, 0) is 0 Å². The molecule has 2 aromatic heterocycles. The second kappa shape index (κ2) is 14.1. The van der Waals surface area contributed by atoms with E-state index in [4.69, 9.17) is 4.42 Å². The molecule has 0 aliphatic heterocycles. The van der Waals surface area contributed by atoms with Crippen molar-refractivity contribution in [1.29, 1.82) is 0 Å². The normalized spacial score (nSPS) is 11.8. The summed E-state index contributed by atoms with van der Waals surface area (Å²) in [6, 6.07) is 83.5. The van der Waals surface area contributed by atoms with Gasteiger partial charge >= 0.3 is 0 Å². The molecule has 3 nitrogen and oxygen atoms in total. The van der Waals surface area contributed by atoms with Gasteiger partial charge in [0.2, 0.25) is 0 Å². The molecule has 0 spiro atoms. The maximum absolute atomic E-state index is 6.99. The van der Waals surface area contributed by atoms with Gasteiger partial charge in [-0.2, -0.15) is 0 Å². The Morgan fingerprint density at radius 2 is 0.968 bits per heavy atom. The minimum atomic E-state index is 0.852. The Morgan fingerprint density at radius 3 is 1.84 bits per heavy atom. The Bertz CT molecular complexity index is 3930. The number of para-hydroxylation sites is 2. The Hall–Kier alpha value is -8.40. The molecule has 63 heavy (non-hydrogen) atoms. The Labute approximate surface area is 363 Å². The van der Waals surface area contributed by atoms with Crippen molar-refractivity contribution in [2.75, 3.05) is 4.90 Å². The lowest BCUT2D eigenvalue weighted by Gasteiger charge is -2.28. The summed E-state index contributed by atoms with van der Waals surface area (Å²) < 4.78 is 9.40. The molecule has 0 saturated heterocycles. The van der Waals surface area contributed by atoms with Crippen LogP contribution in [0.2, 0.25) is 0 Å². The Balaban J connectivity index is 1.07. The van der Waals surface area contributed by atoms with E-state index in [0.717, 1.165) is 66.5 Å². The van der Waals surface area contributed by atoms with Crippen LogP contribution in [0.1, 0.15) is 0 Å². The van der Waals surface area contributed by atoms with Crippen LogP contribution in [0.3, 0.4) is 0 Å². The van der Waals surface area contributed by atoms with Crippen molar-refractivity contribution in [3.63, 3.8) is 0 Å². The van der Waals surface area contributed by atoms with Crippen LogP contribution in [0.5, 0.6) is 0 Å². The second-order valence-electron chi connectivity index (χ2n) is 16.5. The Morgan fingerprint density at radius 1 is 0.333 bits per heavy atom. The smallest absolute Gasteiger partial charge is 0.159 e. The fraction of sp³-hybridized carbons (Fsp3) is 0. The molecule has 0 bridgehead atoms. The first kappa shape index (κ1) is 35.4. The Kier molecular flexibility index (Phi) is 7.91. The maximum atomic E-state index is 6.99. The minimum absolute atomic E-state index is 0.852. The highest BCUT2D eigenvalue weighted by Crippen LogP contribution is 2.48. The first-order valence-electron chi connectivity index (χ1n) is 21.6. The molecular formula is C60H38N2O. The van der Waals surface area contributed by atoms with E-state index < -0.39 is 0 Å². The van der Waals surface area contributed by atoms with E-state index >= 15 is 0 Å². The van der Waals surface area contributed by atoms with Crippen LogP contribution in [0.4, 0.5) is 17.1 Å². The van der Waals surface area contributed by atoms with Crippen LogP contribution in [0, 0.1) is 0 Å². The minimum Gasteiger partial charge on any atom is -0.454 e. The molecule has 11 aromatic carbocycles. The first-order valence-corrected chi connectivity index (χ1v) is 21.6. The zero-order chi connectivity index (χ0) is 41.4. The van der Waals surface area contributed by atoms with Crippen LogP contribution in [-0.4, -0.2) is 4.57 Å². The molecule has 13 rings (SSSR count). The van der Waals surface area contributed by atoms with Crippen LogP contribution in [0.25, 0.3) is 104 Å². The molecule has 0 aliphatic rings. The zero-order valence-electron chi connectivity index (χ0n) is 34.2. The summed E-state index contributed by atoms with van der Waals surface area (Å²) >= 11 is 0. The third kappa shape index (κ3) is 5.60. The summed E-state index contributed by atoms with van der Waals surface area (Å²) in [5.74, 6) is 0. The number of nitrogens with zero attached hydrogens (tertiary/aromatic N) is 2.